The number of hydrazine groups is 1. The quantitative estimate of drug-likeness (QED) is 0.730. The van der Waals surface area contributed by atoms with Gasteiger partial charge in [-0.05, 0) is 25.0 Å². The first-order chi connectivity index (χ1) is 9.52. The molecule has 1 amide bonds. The Morgan fingerprint density at radius 2 is 2.15 bits per heavy atom. The Hall–Kier alpha value is -1.46. The van der Waals surface area contributed by atoms with Gasteiger partial charge < -0.3 is 9.84 Å². The minimum atomic E-state index is -0.857. The van der Waals surface area contributed by atoms with Gasteiger partial charge in [-0.25, -0.2) is 0 Å². The number of rotatable bonds is 5. The smallest absolute Gasteiger partial charge is 0.241 e. The number of benzene rings is 1. The lowest BCUT2D eigenvalue weighted by atomic mass is 9.98. The fourth-order valence-corrected chi connectivity index (χ4v) is 2.58. The van der Waals surface area contributed by atoms with Crippen LogP contribution in [0.25, 0.3) is 0 Å². The second-order valence-corrected chi connectivity index (χ2v) is 5.53. The van der Waals surface area contributed by atoms with Gasteiger partial charge in [0.2, 0.25) is 5.91 Å². The summed E-state index contributed by atoms with van der Waals surface area (Å²) in [5.41, 5.74) is 5.01. The Morgan fingerprint density at radius 1 is 1.45 bits per heavy atom. The van der Waals surface area contributed by atoms with E-state index in [1.807, 2.05) is 0 Å². The maximum Gasteiger partial charge on any atom is 0.241 e. The number of amides is 1. The first-order valence-electron chi connectivity index (χ1n) is 6.63. The summed E-state index contributed by atoms with van der Waals surface area (Å²) in [6.07, 6.45) is 3.40. The SMILES string of the molecule is COc1ccc(Cl)c(NNC(=O)CC2(O)CCCC2)c1. The molecule has 0 radical (unpaired) electrons. The van der Waals surface area contributed by atoms with Gasteiger partial charge in [0.05, 0.1) is 29.8 Å². The van der Waals surface area contributed by atoms with Crippen molar-refractivity contribution in [1.82, 2.24) is 5.43 Å². The summed E-state index contributed by atoms with van der Waals surface area (Å²) in [4.78, 5) is 11.8. The van der Waals surface area contributed by atoms with Crippen molar-refractivity contribution in [2.24, 2.45) is 0 Å². The lowest BCUT2D eigenvalue weighted by molar-refractivity contribution is -0.125. The van der Waals surface area contributed by atoms with Crippen LogP contribution in [0.5, 0.6) is 5.75 Å². The average Bonchev–Trinajstić information content (AvgIpc) is 2.84. The van der Waals surface area contributed by atoms with Crippen LogP contribution >= 0.6 is 11.6 Å². The molecule has 20 heavy (non-hydrogen) atoms. The van der Waals surface area contributed by atoms with Gasteiger partial charge in [0.1, 0.15) is 5.75 Å². The molecule has 1 fully saturated rings. The summed E-state index contributed by atoms with van der Waals surface area (Å²) in [6, 6.07) is 5.10. The topological polar surface area (TPSA) is 70.6 Å². The third-order valence-electron chi connectivity index (χ3n) is 3.53. The first-order valence-corrected chi connectivity index (χ1v) is 7.01. The van der Waals surface area contributed by atoms with Crippen LogP contribution in [0.4, 0.5) is 5.69 Å². The van der Waals surface area contributed by atoms with Gasteiger partial charge in [0.25, 0.3) is 0 Å². The Balaban J connectivity index is 1.90. The number of hydrogen-bond acceptors (Lipinski definition) is 4. The zero-order valence-electron chi connectivity index (χ0n) is 11.4. The standard InChI is InChI=1S/C14H19ClN2O3/c1-20-10-4-5-11(15)12(8-10)16-17-13(18)9-14(19)6-2-3-7-14/h4-5,8,16,19H,2-3,6-7,9H2,1H3,(H,17,18). The largest absolute Gasteiger partial charge is 0.497 e. The van der Waals surface area contributed by atoms with E-state index in [-0.39, 0.29) is 12.3 Å². The molecule has 0 bridgehead atoms. The van der Waals surface area contributed by atoms with Crippen LogP contribution < -0.4 is 15.6 Å². The molecule has 1 aromatic carbocycles. The zero-order chi connectivity index (χ0) is 14.6. The van der Waals surface area contributed by atoms with Crippen LogP contribution in [0.3, 0.4) is 0 Å². The normalized spacial score (nSPS) is 16.8. The minimum Gasteiger partial charge on any atom is -0.497 e. The van der Waals surface area contributed by atoms with E-state index in [1.165, 1.54) is 0 Å². The minimum absolute atomic E-state index is 0.0988. The molecule has 0 saturated heterocycles. The number of hydrogen-bond donors (Lipinski definition) is 3. The van der Waals surface area contributed by atoms with Crippen molar-refractivity contribution in [3.8, 4) is 5.75 Å². The van der Waals surface area contributed by atoms with Crippen molar-refractivity contribution in [3.05, 3.63) is 23.2 Å². The molecule has 1 aliphatic rings. The van der Waals surface area contributed by atoms with Crippen molar-refractivity contribution >= 4 is 23.2 Å². The van der Waals surface area contributed by atoms with E-state index in [0.29, 0.717) is 29.3 Å². The summed E-state index contributed by atoms with van der Waals surface area (Å²) in [5.74, 6) is 0.383. The van der Waals surface area contributed by atoms with Crippen LogP contribution in [0, 0.1) is 0 Å². The second kappa shape index (κ2) is 6.33. The molecule has 0 aromatic heterocycles. The van der Waals surface area contributed by atoms with E-state index in [9.17, 15) is 9.90 Å². The molecule has 0 aliphatic heterocycles. The maximum atomic E-state index is 11.8. The van der Waals surface area contributed by atoms with Crippen LogP contribution in [0.2, 0.25) is 5.02 Å². The second-order valence-electron chi connectivity index (χ2n) is 5.13. The molecule has 1 aliphatic carbocycles. The van der Waals surface area contributed by atoms with E-state index in [1.54, 1.807) is 25.3 Å². The number of carbonyl (C=O) groups excluding carboxylic acids is 1. The summed E-state index contributed by atoms with van der Waals surface area (Å²) < 4.78 is 5.09. The molecule has 1 aromatic rings. The first kappa shape index (κ1) is 14.9. The van der Waals surface area contributed by atoms with E-state index < -0.39 is 5.60 Å². The Kier molecular flexibility index (Phi) is 4.73. The zero-order valence-corrected chi connectivity index (χ0v) is 12.2. The molecular formula is C14H19ClN2O3. The van der Waals surface area contributed by atoms with Crippen molar-refractivity contribution in [2.75, 3.05) is 12.5 Å². The lowest BCUT2D eigenvalue weighted by Crippen LogP contribution is -2.37. The molecule has 110 valence electrons. The molecule has 2 rings (SSSR count). The molecule has 0 heterocycles. The van der Waals surface area contributed by atoms with Gasteiger partial charge >= 0.3 is 0 Å². The number of carbonyl (C=O) groups is 1. The van der Waals surface area contributed by atoms with Crippen molar-refractivity contribution in [1.29, 1.82) is 0 Å². The third-order valence-corrected chi connectivity index (χ3v) is 3.86. The number of aliphatic hydroxyl groups is 1. The number of halogens is 1. The molecule has 0 atom stereocenters. The highest BCUT2D eigenvalue weighted by Gasteiger charge is 2.33. The third kappa shape index (κ3) is 3.77. The predicted molar refractivity (Wildman–Crippen MR) is 77.8 cm³/mol. The number of ether oxygens (including phenoxy) is 1. The van der Waals surface area contributed by atoms with Crippen molar-refractivity contribution in [3.63, 3.8) is 0 Å². The fraction of sp³-hybridized carbons (Fsp3) is 0.500. The predicted octanol–water partition coefficient (Wildman–Crippen LogP) is 2.49. The highest BCUT2D eigenvalue weighted by molar-refractivity contribution is 6.33. The molecule has 0 spiro atoms. The molecular weight excluding hydrogens is 280 g/mol. The van der Waals surface area contributed by atoms with Crippen LogP contribution in [0.1, 0.15) is 32.1 Å². The van der Waals surface area contributed by atoms with Gasteiger partial charge in [-0.3, -0.25) is 15.6 Å². The lowest BCUT2D eigenvalue weighted by Gasteiger charge is -2.21. The molecule has 5 nitrogen and oxygen atoms in total. The highest BCUT2D eigenvalue weighted by Crippen LogP contribution is 2.32. The van der Waals surface area contributed by atoms with Gasteiger partial charge in [0, 0.05) is 6.07 Å². The van der Waals surface area contributed by atoms with Crippen molar-refractivity contribution in [2.45, 2.75) is 37.7 Å². The average molecular weight is 299 g/mol. The van der Waals surface area contributed by atoms with Gasteiger partial charge in [-0.2, -0.15) is 0 Å². The molecule has 0 unspecified atom stereocenters. The van der Waals surface area contributed by atoms with E-state index >= 15 is 0 Å². The van der Waals surface area contributed by atoms with Crippen LogP contribution in [-0.2, 0) is 4.79 Å². The monoisotopic (exact) mass is 298 g/mol. The Bertz CT molecular complexity index is 487. The fourth-order valence-electron chi connectivity index (χ4n) is 2.42. The van der Waals surface area contributed by atoms with Crippen molar-refractivity contribution < 1.29 is 14.6 Å². The molecule has 6 heteroatoms. The number of methoxy groups -OCH3 is 1. The number of anilines is 1. The Labute approximate surface area is 123 Å². The van der Waals surface area contributed by atoms with Gasteiger partial charge in [-0.1, -0.05) is 24.4 Å². The summed E-state index contributed by atoms with van der Waals surface area (Å²) in [5, 5.41) is 10.6. The summed E-state index contributed by atoms with van der Waals surface area (Å²) >= 11 is 6.02. The van der Waals surface area contributed by atoms with Crippen LogP contribution in [0.15, 0.2) is 18.2 Å². The number of nitrogens with one attached hydrogen (secondary N) is 2. The maximum absolute atomic E-state index is 11.8. The van der Waals surface area contributed by atoms with Crippen LogP contribution in [-0.4, -0.2) is 23.7 Å². The highest BCUT2D eigenvalue weighted by atomic mass is 35.5. The summed E-state index contributed by atoms with van der Waals surface area (Å²) in [7, 11) is 1.56. The van der Waals surface area contributed by atoms with E-state index in [4.69, 9.17) is 16.3 Å². The van der Waals surface area contributed by atoms with E-state index in [0.717, 1.165) is 12.8 Å². The van der Waals surface area contributed by atoms with Gasteiger partial charge in [-0.15, -0.1) is 0 Å². The summed E-state index contributed by atoms with van der Waals surface area (Å²) in [6.45, 7) is 0. The van der Waals surface area contributed by atoms with E-state index in [2.05, 4.69) is 10.9 Å². The molecule has 1 saturated carbocycles. The molecule has 3 N–H and O–H groups in total. The Morgan fingerprint density at radius 3 is 2.80 bits per heavy atom. The van der Waals surface area contributed by atoms with Gasteiger partial charge in [0.15, 0.2) is 0 Å².